The minimum Gasteiger partial charge on any atom is -0.341 e. The molecule has 138 valence electrons. The van der Waals surface area contributed by atoms with Crippen molar-refractivity contribution in [3.8, 4) is 0 Å². The number of thiophene rings is 1. The summed E-state index contributed by atoms with van der Waals surface area (Å²) >= 11 is 1.63. The van der Waals surface area contributed by atoms with E-state index in [1.807, 2.05) is 17.5 Å². The molecule has 3 rings (SSSR count). The highest BCUT2D eigenvalue weighted by Gasteiger charge is 2.15. The third kappa shape index (κ3) is 3.34. The quantitative estimate of drug-likeness (QED) is 0.642. The maximum absolute atomic E-state index is 12.4. The Morgan fingerprint density at radius 3 is 2.73 bits per heavy atom. The smallest absolute Gasteiger partial charge is 0.332 e. The van der Waals surface area contributed by atoms with Gasteiger partial charge in [-0.2, -0.15) is 0 Å². The maximum Gasteiger partial charge on any atom is 0.332 e. The third-order valence-electron chi connectivity index (χ3n) is 4.41. The van der Waals surface area contributed by atoms with Gasteiger partial charge < -0.3 is 9.47 Å². The lowest BCUT2D eigenvalue weighted by Gasteiger charge is -2.16. The average molecular weight is 375 g/mol. The summed E-state index contributed by atoms with van der Waals surface area (Å²) < 4.78 is 4.14. The molecule has 0 unspecified atom stereocenters. The molecule has 0 fully saturated rings. The van der Waals surface area contributed by atoms with Gasteiger partial charge >= 0.3 is 5.69 Å². The van der Waals surface area contributed by atoms with E-state index in [4.69, 9.17) is 0 Å². The first-order valence-electron chi connectivity index (χ1n) is 8.27. The Kier molecular flexibility index (Phi) is 5.08. The van der Waals surface area contributed by atoms with Crippen molar-refractivity contribution < 1.29 is 4.79 Å². The number of aryl methyl sites for hydroxylation is 2. The Labute approximate surface area is 153 Å². The van der Waals surface area contributed by atoms with Crippen molar-refractivity contribution in [1.82, 2.24) is 23.6 Å². The zero-order valence-electron chi connectivity index (χ0n) is 15.0. The Morgan fingerprint density at radius 2 is 2.04 bits per heavy atom. The van der Waals surface area contributed by atoms with Crippen molar-refractivity contribution in [2.24, 2.45) is 14.1 Å². The molecule has 3 heterocycles. The van der Waals surface area contributed by atoms with Gasteiger partial charge in [-0.25, -0.2) is 9.78 Å². The number of rotatable bonds is 6. The van der Waals surface area contributed by atoms with E-state index >= 15 is 0 Å². The average Bonchev–Trinajstić information content (AvgIpc) is 3.27. The highest BCUT2D eigenvalue weighted by atomic mass is 32.1. The molecule has 0 aromatic carbocycles. The molecule has 0 aliphatic heterocycles. The van der Waals surface area contributed by atoms with E-state index in [-0.39, 0.29) is 11.5 Å². The van der Waals surface area contributed by atoms with E-state index < -0.39 is 5.69 Å². The fourth-order valence-corrected chi connectivity index (χ4v) is 3.64. The Balaban J connectivity index is 1.68. The van der Waals surface area contributed by atoms with Crippen LogP contribution in [0.25, 0.3) is 11.2 Å². The van der Waals surface area contributed by atoms with Crippen LogP contribution in [0.2, 0.25) is 0 Å². The molecule has 0 radical (unpaired) electrons. The predicted molar refractivity (Wildman–Crippen MR) is 100 cm³/mol. The first kappa shape index (κ1) is 18.1. The summed E-state index contributed by atoms with van der Waals surface area (Å²) in [5.74, 6) is 0.0584. The number of imidazole rings is 1. The third-order valence-corrected chi connectivity index (χ3v) is 5.27. The zero-order valence-corrected chi connectivity index (χ0v) is 15.8. The molecule has 0 aliphatic carbocycles. The van der Waals surface area contributed by atoms with Crippen molar-refractivity contribution in [1.29, 1.82) is 0 Å². The highest BCUT2D eigenvalue weighted by Crippen LogP contribution is 2.12. The minimum atomic E-state index is -0.405. The van der Waals surface area contributed by atoms with Crippen LogP contribution in [-0.2, 0) is 32.0 Å². The van der Waals surface area contributed by atoms with E-state index in [1.165, 1.54) is 11.6 Å². The second-order valence-corrected chi connectivity index (χ2v) is 7.28. The molecule has 9 heteroatoms. The van der Waals surface area contributed by atoms with Gasteiger partial charge in [0, 0.05) is 39.0 Å². The summed E-state index contributed by atoms with van der Waals surface area (Å²) in [5, 5.41) is 1.99. The van der Waals surface area contributed by atoms with E-state index in [9.17, 15) is 14.4 Å². The molecule has 1 amide bonds. The van der Waals surface area contributed by atoms with E-state index in [0.29, 0.717) is 37.1 Å². The van der Waals surface area contributed by atoms with Gasteiger partial charge in [0.05, 0.1) is 12.9 Å². The molecule has 26 heavy (non-hydrogen) atoms. The van der Waals surface area contributed by atoms with Gasteiger partial charge in [0.25, 0.3) is 5.56 Å². The maximum atomic E-state index is 12.4. The number of aromatic nitrogens is 4. The second-order valence-electron chi connectivity index (χ2n) is 6.25. The molecule has 3 aromatic rings. The monoisotopic (exact) mass is 375 g/mol. The van der Waals surface area contributed by atoms with Crippen LogP contribution in [0, 0.1) is 0 Å². The number of nitrogens with zero attached hydrogens (tertiary/aromatic N) is 5. The van der Waals surface area contributed by atoms with Gasteiger partial charge in [-0.15, -0.1) is 11.3 Å². The SMILES string of the molecule is CN(Cc1cccs1)C(=O)CCCn1cnc2c1c(=O)n(C)c(=O)n2C. The molecule has 3 aromatic heterocycles. The summed E-state index contributed by atoms with van der Waals surface area (Å²) in [4.78, 5) is 43.6. The summed E-state index contributed by atoms with van der Waals surface area (Å²) in [6.45, 7) is 1.09. The van der Waals surface area contributed by atoms with Crippen LogP contribution in [0.15, 0.2) is 33.4 Å². The fourth-order valence-electron chi connectivity index (χ4n) is 2.88. The van der Waals surface area contributed by atoms with Gasteiger partial charge in [-0.05, 0) is 17.9 Å². The van der Waals surface area contributed by atoms with Gasteiger partial charge in [0.2, 0.25) is 5.91 Å². The van der Waals surface area contributed by atoms with Crippen molar-refractivity contribution in [3.63, 3.8) is 0 Å². The first-order chi connectivity index (χ1) is 12.4. The van der Waals surface area contributed by atoms with E-state index in [2.05, 4.69) is 4.98 Å². The van der Waals surface area contributed by atoms with Crippen molar-refractivity contribution in [2.75, 3.05) is 7.05 Å². The molecule has 0 saturated carbocycles. The standard InChI is InChI=1S/C17H21N5O3S/c1-19(10-12-6-5-9-26-12)13(23)7-4-8-22-11-18-15-14(22)16(24)21(3)17(25)20(15)2/h5-6,9,11H,4,7-8,10H2,1-3H3. The normalized spacial score (nSPS) is 11.2. The minimum absolute atomic E-state index is 0.0584. The van der Waals surface area contributed by atoms with E-state index in [0.717, 1.165) is 9.44 Å². The van der Waals surface area contributed by atoms with Crippen molar-refractivity contribution >= 4 is 28.4 Å². The van der Waals surface area contributed by atoms with Gasteiger partial charge in [-0.3, -0.25) is 18.7 Å². The van der Waals surface area contributed by atoms with Crippen LogP contribution in [0.3, 0.4) is 0 Å². The number of fused-ring (bicyclic) bond motifs is 1. The Hall–Kier alpha value is -2.68. The number of hydrogen-bond donors (Lipinski definition) is 0. The summed E-state index contributed by atoms with van der Waals surface area (Å²) in [6.07, 6.45) is 2.52. The summed E-state index contributed by atoms with van der Waals surface area (Å²) in [7, 11) is 4.83. The molecular formula is C17H21N5O3S. The van der Waals surface area contributed by atoms with Crippen LogP contribution < -0.4 is 11.2 Å². The lowest BCUT2D eigenvalue weighted by molar-refractivity contribution is -0.130. The van der Waals surface area contributed by atoms with Crippen molar-refractivity contribution in [3.05, 3.63) is 49.6 Å². The zero-order chi connectivity index (χ0) is 18.8. The topological polar surface area (TPSA) is 82.1 Å². The lowest BCUT2D eigenvalue weighted by atomic mass is 10.2. The number of hydrogen-bond acceptors (Lipinski definition) is 5. The number of carbonyl (C=O) groups excluding carboxylic acids is 1. The van der Waals surface area contributed by atoms with Gasteiger partial charge in [-0.1, -0.05) is 6.07 Å². The number of amides is 1. The molecule has 0 aliphatic rings. The number of carbonyl (C=O) groups is 1. The van der Waals surface area contributed by atoms with Crippen LogP contribution in [0.1, 0.15) is 17.7 Å². The van der Waals surface area contributed by atoms with Gasteiger partial charge in [0.1, 0.15) is 0 Å². The van der Waals surface area contributed by atoms with Crippen molar-refractivity contribution in [2.45, 2.75) is 25.9 Å². The Bertz CT molecular complexity index is 1040. The molecule has 0 bridgehead atoms. The van der Waals surface area contributed by atoms with Crippen LogP contribution in [-0.4, -0.2) is 36.5 Å². The van der Waals surface area contributed by atoms with E-state index in [1.54, 1.807) is 41.2 Å². The fraction of sp³-hybridized carbons (Fsp3) is 0.412. The molecule has 0 N–H and O–H groups in total. The lowest BCUT2D eigenvalue weighted by Crippen LogP contribution is -2.37. The van der Waals surface area contributed by atoms with Crippen LogP contribution in [0.4, 0.5) is 0 Å². The summed E-state index contributed by atoms with van der Waals surface area (Å²) in [5.41, 5.74) is -0.0342. The first-order valence-corrected chi connectivity index (χ1v) is 9.15. The second kappa shape index (κ2) is 7.28. The predicted octanol–water partition coefficient (Wildman–Crippen LogP) is 0.934. The van der Waals surface area contributed by atoms with Crippen LogP contribution in [0.5, 0.6) is 0 Å². The molecule has 8 nitrogen and oxygen atoms in total. The largest absolute Gasteiger partial charge is 0.341 e. The van der Waals surface area contributed by atoms with Gasteiger partial charge in [0.15, 0.2) is 11.2 Å². The molecular weight excluding hydrogens is 354 g/mol. The highest BCUT2D eigenvalue weighted by molar-refractivity contribution is 7.09. The summed E-state index contributed by atoms with van der Waals surface area (Å²) in [6, 6.07) is 3.97. The molecule has 0 saturated heterocycles. The van der Waals surface area contributed by atoms with Crippen LogP contribution >= 0.6 is 11.3 Å². The molecule has 0 spiro atoms. The Morgan fingerprint density at radius 1 is 1.27 bits per heavy atom. The molecule has 0 atom stereocenters.